The second-order valence-electron chi connectivity index (χ2n) is 4.12. The van der Waals surface area contributed by atoms with Crippen molar-refractivity contribution in [2.24, 2.45) is 0 Å². The normalized spacial score (nSPS) is 11.3. The number of hydrogen-bond acceptors (Lipinski definition) is 5. The summed E-state index contributed by atoms with van der Waals surface area (Å²) in [5.41, 5.74) is 0.375. The first-order valence-corrected chi connectivity index (χ1v) is 8.06. The first-order chi connectivity index (χ1) is 9.19. The molecule has 0 spiro atoms. The van der Waals surface area contributed by atoms with E-state index in [1.807, 2.05) is 0 Å². The van der Waals surface area contributed by atoms with Gasteiger partial charge in [-0.1, -0.05) is 0 Å². The average molecular weight is 320 g/mol. The van der Waals surface area contributed by atoms with E-state index in [1.54, 1.807) is 14.0 Å². The van der Waals surface area contributed by atoms with Crippen LogP contribution in [0.25, 0.3) is 0 Å². The number of nitrogens with one attached hydrogen (secondary N) is 1. The summed E-state index contributed by atoms with van der Waals surface area (Å²) in [6, 6.07) is 1.28. The summed E-state index contributed by atoms with van der Waals surface area (Å²) in [5, 5.41) is 8.90. The van der Waals surface area contributed by atoms with Crippen LogP contribution in [0.3, 0.4) is 0 Å². The van der Waals surface area contributed by atoms with Gasteiger partial charge in [0.25, 0.3) is 10.0 Å². The molecule has 0 aromatic carbocycles. The van der Waals surface area contributed by atoms with Gasteiger partial charge in [0, 0.05) is 13.6 Å². The number of nitrogens with zero attached hydrogens (tertiary/aromatic N) is 1. The van der Waals surface area contributed by atoms with Crippen LogP contribution in [0.1, 0.15) is 22.2 Å². The van der Waals surface area contributed by atoms with Crippen LogP contribution in [-0.2, 0) is 14.8 Å². The number of amides is 1. The van der Waals surface area contributed by atoms with Gasteiger partial charge in [0.2, 0.25) is 5.91 Å². The number of carboxylic acid groups (broad SMARTS) is 1. The van der Waals surface area contributed by atoms with Gasteiger partial charge in [-0.2, -0.15) is 0 Å². The minimum atomic E-state index is -3.87. The summed E-state index contributed by atoms with van der Waals surface area (Å²) < 4.78 is 26.0. The lowest BCUT2D eigenvalue weighted by atomic mass is 10.3. The van der Waals surface area contributed by atoms with Gasteiger partial charge < -0.3 is 10.0 Å². The van der Waals surface area contributed by atoms with E-state index in [1.165, 1.54) is 17.9 Å². The fraction of sp³-hybridized carbons (Fsp3) is 0.455. The minimum absolute atomic E-state index is 0.0256. The zero-order valence-electron chi connectivity index (χ0n) is 11.3. The highest BCUT2D eigenvalue weighted by molar-refractivity contribution is 7.91. The molecule has 0 radical (unpaired) electrons. The molecule has 20 heavy (non-hydrogen) atoms. The van der Waals surface area contributed by atoms with Crippen molar-refractivity contribution >= 4 is 33.2 Å². The van der Waals surface area contributed by atoms with Crippen molar-refractivity contribution in [1.82, 2.24) is 9.62 Å². The topological polar surface area (TPSA) is 104 Å². The maximum absolute atomic E-state index is 12.0. The Labute approximate surface area is 121 Å². The lowest BCUT2D eigenvalue weighted by Crippen LogP contribution is -2.37. The Bertz CT molecular complexity index is 621. The number of aryl methyl sites for hydroxylation is 1. The van der Waals surface area contributed by atoms with Crippen LogP contribution < -0.4 is 4.72 Å². The van der Waals surface area contributed by atoms with Crippen LogP contribution >= 0.6 is 11.3 Å². The molecule has 7 nitrogen and oxygen atoms in total. The molecule has 0 aliphatic rings. The van der Waals surface area contributed by atoms with Crippen molar-refractivity contribution < 1.29 is 23.1 Å². The Morgan fingerprint density at radius 2 is 2.05 bits per heavy atom. The fourth-order valence-corrected chi connectivity index (χ4v) is 3.73. The lowest BCUT2D eigenvalue weighted by molar-refractivity contribution is -0.128. The molecule has 1 heterocycles. The third kappa shape index (κ3) is 3.78. The highest BCUT2D eigenvalue weighted by Crippen LogP contribution is 2.25. The summed E-state index contributed by atoms with van der Waals surface area (Å²) >= 11 is 0.665. The zero-order chi connectivity index (χ0) is 15.5. The van der Waals surface area contributed by atoms with Gasteiger partial charge in [-0.15, -0.1) is 11.3 Å². The molecule has 0 saturated heterocycles. The molecule has 112 valence electrons. The Hall–Kier alpha value is -1.45. The van der Waals surface area contributed by atoms with Crippen LogP contribution in [0.4, 0.5) is 0 Å². The van der Waals surface area contributed by atoms with E-state index < -0.39 is 16.0 Å². The van der Waals surface area contributed by atoms with Crippen molar-refractivity contribution in [3.63, 3.8) is 0 Å². The van der Waals surface area contributed by atoms with Crippen molar-refractivity contribution in [2.45, 2.75) is 18.1 Å². The number of likely N-dealkylation sites (N-methyl/N-ethyl adjacent to an activating group) is 1. The smallest absolute Gasteiger partial charge is 0.346 e. The number of thiophene rings is 1. The van der Waals surface area contributed by atoms with Gasteiger partial charge in [-0.25, -0.2) is 17.9 Å². The first-order valence-electron chi connectivity index (χ1n) is 5.76. The van der Waals surface area contributed by atoms with Gasteiger partial charge in [-0.05, 0) is 25.5 Å². The van der Waals surface area contributed by atoms with Crippen LogP contribution in [-0.4, -0.2) is 50.4 Å². The van der Waals surface area contributed by atoms with Gasteiger partial charge in [0.05, 0.1) is 6.54 Å². The molecule has 1 rings (SSSR count). The van der Waals surface area contributed by atoms with E-state index >= 15 is 0 Å². The molecule has 0 atom stereocenters. The molecule has 9 heteroatoms. The first kappa shape index (κ1) is 16.6. The molecule has 0 bridgehead atoms. The predicted molar refractivity (Wildman–Crippen MR) is 74.5 cm³/mol. The lowest BCUT2D eigenvalue weighted by Gasteiger charge is -2.14. The van der Waals surface area contributed by atoms with E-state index in [4.69, 9.17) is 5.11 Å². The molecule has 0 saturated carbocycles. The standard InChI is InChI=1S/C11H16N2O5S2/c1-4-13(3)8(14)6-12-20(17,18)9-5-7(2)10(19-9)11(15)16/h5,12H,4,6H2,1-3H3,(H,15,16). The monoisotopic (exact) mass is 320 g/mol. The van der Waals surface area contributed by atoms with Crippen molar-refractivity contribution in [2.75, 3.05) is 20.1 Å². The molecule has 0 aliphatic heterocycles. The molecule has 1 aromatic heterocycles. The number of rotatable bonds is 6. The average Bonchev–Trinajstić information content (AvgIpc) is 2.78. The van der Waals surface area contributed by atoms with Gasteiger partial charge in [0.1, 0.15) is 9.09 Å². The highest BCUT2D eigenvalue weighted by atomic mass is 32.2. The minimum Gasteiger partial charge on any atom is -0.477 e. The number of carbonyl (C=O) groups is 2. The van der Waals surface area contributed by atoms with E-state index in [2.05, 4.69) is 4.72 Å². The van der Waals surface area contributed by atoms with Crippen LogP contribution in [0.2, 0.25) is 0 Å². The van der Waals surface area contributed by atoms with Crippen molar-refractivity contribution in [3.05, 3.63) is 16.5 Å². The molecular weight excluding hydrogens is 304 g/mol. The largest absolute Gasteiger partial charge is 0.477 e. The van der Waals surface area contributed by atoms with Crippen LogP contribution in [0.15, 0.2) is 10.3 Å². The summed E-state index contributed by atoms with van der Waals surface area (Å²) in [5.74, 6) is -1.53. The number of carbonyl (C=O) groups excluding carboxylic acids is 1. The Morgan fingerprint density at radius 3 is 2.50 bits per heavy atom. The van der Waals surface area contributed by atoms with Crippen LogP contribution in [0, 0.1) is 6.92 Å². The third-order valence-electron chi connectivity index (χ3n) is 2.67. The predicted octanol–water partition coefficient (Wildman–Crippen LogP) is 0.511. The highest BCUT2D eigenvalue weighted by Gasteiger charge is 2.22. The molecule has 0 unspecified atom stereocenters. The maximum Gasteiger partial charge on any atom is 0.346 e. The van der Waals surface area contributed by atoms with E-state index in [0.29, 0.717) is 23.4 Å². The molecule has 0 fully saturated rings. The summed E-state index contributed by atoms with van der Waals surface area (Å²) in [4.78, 5) is 23.8. The number of aromatic carboxylic acids is 1. The van der Waals surface area contributed by atoms with E-state index in [-0.39, 0.29) is 21.5 Å². The van der Waals surface area contributed by atoms with Gasteiger partial charge in [-0.3, -0.25) is 4.79 Å². The fourth-order valence-electron chi connectivity index (χ4n) is 1.34. The second kappa shape index (κ2) is 6.33. The molecule has 1 amide bonds. The van der Waals surface area contributed by atoms with Gasteiger partial charge in [0.15, 0.2) is 0 Å². The molecule has 2 N–H and O–H groups in total. The molecule has 0 aliphatic carbocycles. The Kier molecular flexibility index (Phi) is 5.26. The molecule has 1 aromatic rings. The summed E-state index contributed by atoms with van der Waals surface area (Å²) in [6.07, 6.45) is 0. The SMILES string of the molecule is CCN(C)C(=O)CNS(=O)(=O)c1cc(C)c(C(=O)O)s1. The third-order valence-corrected chi connectivity index (χ3v) is 5.77. The van der Waals surface area contributed by atoms with E-state index in [9.17, 15) is 18.0 Å². The Morgan fingerprint density at radius 1 is 1.45 bits per heavy atom. The maximum atomic E-state index is 12.0. The van der Waals surface area contributed by atoms with Crippen LogP contribution in [0.5, 0.6) is 0 Å². The van der Waals surface area contributed by atoms with Crippen molar-refractivity contribution in [3.8, 4) is 0 Å². The number of hydrogen-bond donors (Lipinski definition) is 2. The van der Waals surface area contributed by atoms with Crippen molar-refractivity contribution in [1.29, 1.82) is 0 Å². The zero-order valence-corrected chi connectivity index (χ0v) is 13.0. The second-order valence-corrected chi connectivity index (χ2v) is 7.16. The number of carboxylic acids is 1. The molecular formula is C11H16N2O5S2. The quantitative estimate of drug-likeness (QED) is 0.795. The summed E-state index contributed by atoms with van der Waals surface area (Å²) in [6.45, 7) is 3.41. The number of sulfonamides is 1. The Balaban J connectivity index is 2.87. The summed E-state index contributed by atoms with van der Waals surface area (Å²) in [7, 11) is -2.31. The van der Waals surface area contributed by atoms with E-state index in [0.717, 1.165) is 0 Å². The van der Waals surface area contributed by atoms with Gasteiger partial charge >= 0.3 is 5.97 Å².